The molecule has 0 aromatic heterocycles. The summed E-state index contributed by atoms with van der Waals surface area (Å²) >= 11 is 0. The van der Waals surface area contributed by atoms with Crippen molar-refractivity contribution in [3.63, 3.8) is 0 Å². The van der Waals surface area contributed by atoms with E-state index in [1.165, 1.54) is 6.07 Å². The number of carboxylic acids is 1. The van der Waals surface area contributed by atoms with E-state index in [0.717, 1.165) is 4.90 Å². The zero-order chi connectivity index (χ0) is 14.4. The first-order valence-electron chi connectivity index (χ1n) is 5.65. The van der Waals surface area contributed by atoms with Crippen molar-refractivity contribution in [1.82, 2.24) is 0 Å². The second-order valence-corrected chi connectivity index (χ2v) is 4.00. The smallest absolute Gasteiger partial charge is 0.303 e. The minimum Gasteiger partial charge on any atom is -0.481 e. The third-order valence-electron chi connectivity index (χ3n) is 2.63. The molecule has 0 spiro atoms. The average molecular weight is 266 g/mol. The topological polar surface area (TPSA) is 101 Å². The highest BCUT2D eigenvalue weighted by Gasteiger charge is 2.21. The number of carbonyl (C=O) groups excluding carboxylic acids is 1. The summed E-state index contributed by atoms with van der Waals surface area (Å²) in [6, 6.07) is 4.67. The number of para-hydroxylation sites is 1. The van der Waals surface area contributed by atoms with Gasteiger partial charge < -0.3 is 10.0 Å². The lowest BCUT2D eigenvalue weighted by Crippen LogP contribution is -2.24. The van der Waals surface area contributed by atoms with Gasteiger partial charge in [0.15, 0.2) is 0 Å². The number of aryl methyl sites for hydroxylation is 1. The van der Waals surface area contributed by atoms with Crippen LogP contribution in [-0.4, -0.2) is 29.0 Å². The van der Waals surface area contributed by atoms with Gasteiger partial charge in [-0.2, -0.15) is 0 Å². The van der Waals surface area contributed by atoms with E-state index in [-0.39, 0.29) is 30.8 Å². The highest BCUT2D eigenvalue weighted by Crippen LogP contribution is 2.30. The Morgan fingerprint density at radius 1 is 1.53 bits per heavy atom. The fourth-order valence-electron chi connectivity index (χ4n) is 1.74. The second-order valence-electron chi connectivity index (χ2n) is 4.00. The molecule has 1 N–H and O–H groups in total. The molecule has 102 valence electrons. The maximum Gasteiger partial charge on any atom is 0.303 e. The Balaban J connectivity index is 2.98. The Hall–Kier alpha value is -2.44. The van der Waals surface area contributed by atoms with Gasteiger partial charge in [-0.3, -0.25) is 19.7 Å². The number of nitro groups is 1. The largest absolute Gasteiger partial charge is 0.481 e. The number of carboxylic acid groups (broad SMARTS) is 1. The molecule has 0 fully saturated rings. The molecule has 7 nitrogen and oxygen atoms in total. The van der Waals surface area contributed by atoms with E-state index in [1.807, 2.05) is 0 Å². The summed E-state index contributed by atoms with van der Waals surface area (Å²) in [7, 11) is 0. The van der Waals surface area contributed by atoms with Gasteiger partial charge in [-0.05, 0) is 19.4 Å². The summed E-state index contributed by atoms with van der Waals surface area (Å²) in [6.45, 7) is 1.71. The van der Waals surface area contributed by atoms with Gasteiger partial charge >= 0.3 is 5.97 Å². The molecule has 0 heterocycles. The van der Waals surface area contributed by atoms with Gasteiger partial charge in [-0.15, -0.1) is 0 Å². The van der Waals surface area contributed by atoms with Crippen LogP contribution in [0, 0.1) is 17.0 Å². The molecule has 0 saturated heterocycles. The number of anilines is 1. The van der Waals surface area contributed by atoms with Crippen LogP contribution in [0.25, 0.3) is 0 Å². The second kappa shape index (κ2) is 6.48. The van der Waals surface area contributed by atoms with Gasteiger partial charge in [-0.1, -0.05) is 12.1 Å². The predicted molar refractivity (Wildman–Crippen MR) is 68.1 cm³/mol. The van der Waals surface area contributed by atoms with Crippen LogP contribution in [0.1, 0.15) is 18.4 Å². The van der Waals surface area contributed by atoms with E-state index in [4.69, 9.17) is 5.11 Å². The number of hydrogen-bond donors (Lipinski definition) is 1. The zero-order valence-corrected chi connectivity index (χ0v) is 10.4. The number of nitrogens with zero attached hydrogens (tertiary/aromatic N) is 2. The van der Waals surface area contributed by atoms with E-state index < -0.39 is 10.9 Å². The number of aliphatic carboxylic acids is 1. The number of hydrogen-bond acceptors (Lipinski definition) is 4. The van der Waals surface area contributed by atoms with Crippen molar-refractivity contribution in [3.8, 4) is 0 Å². The number of nitro benzene ring substituents is 1. The maximum atomic E-state index is 11.0. The van der Waals surface area contributed by atoms with Gasteiger partial charge in [-0.25, -0.2) is 0 Å². The van der Waals surface area contributed by atoms with Crippen LogP contribution >= 0.6 is 0 Å². The quantitative estimate of drug-likeness (QED) is 0.460. The zero-order valence-electron chi connectivity index (χ0n) is 10.4. The third kappa shape index (κ3) is 3.77. The van der Waals surface area contributed by atoms with Crippen LogP contribution in [-0.2, 0) is 9.59 Å². The van der Waals surface area contributed by atoms with Gasteiger partial charge in [0, 0.05) is 18.5 Å². The summed E-state index contributed by atoms with van der Waals surface area (Å²) in [5.41, 5.74) is 0.503. The molecular formula is C12H14N2O5. The summed E-state index contributed by atoms with van der Waals surface area (Å²) in [5, 5.41) is 19.6. The first-order valence-corrected chi connectivity index (χ1v) is 5.65. The standard InChI is InChI=1S/C12H14N2O5/c1-9-4-2-5-10(12(9)14(18)19)13(8-15)7-3-6-11(16)17/h2,4-5,8H,3,6-7H2,1H3,(H,16,17). The molecule has 0 bridgehead atoms. The molecule has 1 rings (SSSR count). The molecule has 0 aliphatic heterocycles. The van der Waals surface area contributed by atoms with Crippen molar-refractivity contribution in [2.75, 3.05) is 11.4 Å². The summed E-state index contributed by atoms with van der Waals surface area (Å²) in [4.78, 5) is 33.1. The lowest BCUT2D eigenvalue weighted by atomic mass is 10.1. The number of amides is 1. The van der Waals surface area contributed by atoms with Crippen molar-refractivity contribution >= 4 is 23.8 Å². The number of benzene rings is 1. The fraction of sp³-hybridized carbons (Fsp3) is 0.333. The van der Waals surface area contributed by atoms with Crippen LogP contribution in [0.5, 0.6) is 0 Å². The normalized spacial score (nSPS) is 9.95. The summed E-state index contributed by atoms with van der Waals surface area (Å²) in [5.74, 6) is -0.968. The van der Waals surface area contributed by atoms with Crippen molar-refractivity contribution in [2.45, 2.75) is 19.8 Å². The molecule has 1 aromatic carbocycles. The maximum absolute atomic E-state index is 11.0. The van der Waals surface area contributed by atoms with E-state index in [0.29, 0.717) is 12.0 Å². The Labute approximate surface area is 109 Å². The molecule has 0 saturated carbocycles. The number of carbonyl (C=O) groups is 2. The monoisotopic (exact) mass is 266 g/mol. The minimum atomic E-state index is -0.968. The number of rotatable bonds is 7. The van der Waals surface area contributed by atoms with Gasteiger partial charge in [0.2, 0.25) is 6.41 Å². The molecule has 7 heteroatoms. The lowest BCUT2D eigenvalue weighted by molar-refractivity contribution is -0.384. The first-order chi connectivity index (χ1) is 8.97. The summed E-state index contributed by atoms with van der Waals surface area (Å²) in [6.07, 6.45) is 0.618. The molecule has 0 unspecified atom stereocenters. The van der Waals surface area contributed by atoms with Crippen molar-refractivity contribution in [3.05, 3.63) is 33.9 Å². The van der Waals surface area contributed by atoms with Crippen LogP contribution in [0.3, 0.4) is 0 Å². The molecule has 0 aliphatic rings. The summed E-state index contributed by atoms with van der Waals surface area (Å²) < 4.78 is 0. The van der Waals surface area contributed by atoms with E-state index in [2.05, 4.69) is 0 Å². The average Bonchev–Trinajstić information content (AvgIpc) is 2.33. The predicted octanol–water partition coefficient (Wildman–Crippen LogP) is 1.73. The minimum absolute atomic E-state index is 0.0933. The van der Waals surface area contributed by atoms with Gasteiger partial charge in [0.05, 0.1) is 4.92 Å². The Morgan fingerprint density at radius 3 is 2.74 bits per heavy atom. The molecule has 0 atom stereocenters. The molecule has 1 amide bonds. The third-order valence-corrected chi connectivity index (χ3v) is 2.63. The van der Waals surface area contributed by atoms with E-state index in [1.54, 1.807) is 19.1 Å². The van der Waals surface area contributed by atoms with E-state index >= 15 is 0 Å². The van der Waals surface area contributed by atoms with Crippen LogP contribution in [0.4, 0.5) is 11.4 Å². The first kappa shape index (κ1) is 14.6. The Kier molecular flexibility index (Phi) is 4.99. The van der Waals surface area contributed by atoms with Crippen LogP contribution in [0.2, 0.25) is 0 Å². The van der Waals surface area contributed by atoms with Crippen LogP contribution in [0.15, 0.2) is 18.2 Å². The highest BCUT2D eigenvalue weighted by atomic mass is 16.6. The van der Waals surface area contributed by atoms with Crippen molar-refractivity contribution < 1.29 is 19.6 Å². The van der Waals surface area contributed by atoms with Gasteiger partial charge in [0.1, 0.15) is 5.69 Å². The van der Waals surface area contributed by atoms with Gasteiger partial charge in [0.25, 0.3) is 5.69 Å². The molecular weight excluding hydrogens is 252 g/mol. The van der Waals surface area contributed by atoms with E-state index in [9.17, 15) is 19.7 Å². The SMILES string of the molecule is Cc1cccc(N(C=O)CCCC(=O)O)c1[N+](=O)[O-]. The van der Waals surface area contributed by atoms with Crippen LogP contribution < -0.4 is 4.90 Å². The molecule has 0 aliphatic carbocycles. The molecule has 0 radical (unpaired) electrons. The van der Waals surface area contributed by atoms with Crippen molar-refractivity contribution in [2.24, 2.45) is 0 Å². The fourth-order valence-corrected chi connectivity index (χ4v) is 1.74. The lowest BCUT2D eigenvalue weighted by Gasteiger charge is -2.17. The van der Waals surface area contributed by atoms with Crippen molar-refractivity contribution in [1.29, 1.82) is 0 Å². The highest BCUT2D eigenvalue weighted by molar-refractivity contribution is 5.81. The molecule has 1 aromatic rings. The Morgan fingerprint density at radius 2 is 2.21 bits per heavy atom. The Bertz CT molecular complexity index is 501. The molecule has 19 heavy (non-hydrogen) atoms.